The minimum atomic E-state index is 0.510. The van der Waals surface area contributed by atoms with Crippen LogP contribution in [0, 0.1) is 0 Å². The molecule has 1 aliphatic heterocycles. The monoisotopic (exact) mass is 416 g/mol. The predicted octanol–water partition coefficient (Wildman–Crippen LogP) is 2.31. The molecule has 2 N–H and O–H groups in total. The molecule has 0 radical (unpaired) electrons. The number of ether oxygens (including phenoxy) is 1. The Kier molecular flexibility index (Phi) is 7.55. The standard InChI is InChI=1S/C21H29ClN6O/c1-26(2)13-14-29-20-15-17(7-8-24-20)16-25-21(23)28-11-9-27(10-12-28)19-5-3-18(22)4-6-19/h3-8,15H,9-14,16H2,1-2H3,(H2,23,25). The summed E-state index contributed by atoms with van der Waals surface area (Å²) in [7, 11) is 4.03. The summed E-state index contributed by atoms with van der Waals surface area (Å²) in [5.74, 6) is 1.20. The summed E-state index contributed by atoms with van der Waals surface area (Å²) in [6.07, 6.45) is 1.75. The molecular formula is C21H29ClN6O. The number of anilines is 1. The lowest BCUT2D eigenvalue weighted by molar-refractivity contribution is 0.253. The van der Waals surface area contributed by atoms with Gasteiger partial charge >= 0.3 is 0 Å². The number of pyridine rings is 1. The smallest absolute Gasteiger partial charge is 0.213 e. The van der Waals surface area contributed by atoms with Crippen LogP contribution in [-0.4, -0.2) is 74.2 Å². The molecule has 1 fully saturated rings. The minimum absolute atomic E-state index is 0.510. The zero-order valence-corrected chi connectivity index (χ0v) is 17.8. The zero-order valence-electron chi connectivity index (χ0n) is 17.1. The predicted molar refractivity (Wildman–Crippen MR) is 119 cm³/mol. The average molecular weight is 417 g/mol. The van der Waals surface area contributed by atoms with Gasteiger partial charge in [0.05, 0.1) is 6.54 Å². The number of aromatic nitrogens is 1. The van der Waals surface area contributed by atoms with Gasteiger partial charge in [0.2, 0.25) is 5.88 Å². The second-order valence-electron chi connectivity index (χ2n) is 7.28. The van der Waals surface area contributed by atoms with Crippen molar-refractivity contribution in [3.8, 4) is 5.88 Å². The molecule has 8 heteroatoms. The maximum Gasteiger partial charge on any atom is 0.213 e. The number of benzene rings is 1. The van der Waals surface area contributed by atoms with Crippen LogP contribution in [0.5, 0.6) is 5.88 Å². The molecule has 2 heterocycles. The quantitative estimate of drug-likeness (QED) is 0.551. The van der Waals surface area contributed by atoms with Gasteiger partial charge in [-0.05, 0) is 50.0 Å². The molecular weight excluding hydrogens is 388 g/mol. The fourth-order valence-corrected chi connectivity index (χ4v) is 3.20. The van der Waals surface area contributed by atoms with Crippen molar-refractivity contribution in [3.63, 3.8) is 0 Å². The summed E-state index contributed by atoms with van der Waals surface area (Å²) in [6.45, 7) is 5.44. The Morgan fingerprint density at radius 2 is 1.90 bits per heavy atom. The van der Waals surface area contributed by atoms with Gasteiger partial charge in [-0.25, -0.2) is 9.98 Å². The third-order valence-corrected chi connectivity index (χ3v) is 5.06. The fourth-order valence-electron chi connectivity index (χ4n) is 3.08. The first-order valence-electron chi connectivity index (χ1n) is 9.79. The number of piperazine rings is 1. The molecule has 1 aromatic carbocycles. The van der Waals surface area contributed by atoms with Crippen LogP contribution in [0.15, 0.2) is 47.6 Å². The molecule has 0 amide bonds. The van der Waals surface area contributed by atoms with Crippen molar-refractivity contribution >= 4 is 23.2 Å². The summed E-state index contributed by atoms with van der Waals surface area (Å²) < 4.78 is 5.69. The Bertz CT molecular complexity index is 803. The number of guanidine groups is 1. The largest absolute Gasteiger partial charge is 0.476 e. The normalized spacial score (nSPS) is 15.1. The van der Waals surface area contributed by atoms with Gasteiger partial charge in [0.15, 0.2) is 5.96 Å². The molecule has 0 saturated carbocycles. The lowest BCUT2D eigenvalue weighted by atomic mass is 10.2. The summed E-state index contributed by atoms with van der Waals surface area (Å²) in [4.78, 5) is 15.4. The average Bonchev–Trinajstić information content (AvgIpc) is 2.73. The van der Waals surface area contributed by atoms with Gasteiger partial charge in [0.25, 0.3) is 0 Å². The first kappa shape index (κ1) is 21.2. The highest BCUT2D eigenvalue weighted by Crippen LogP contribution is 2.19. The molecule has 29 heavy (non-hydrogen) atoms. The van der Waals surface area contributed by atoms with Crippen molar-refractivity contribution in [2.45, 2.75) is 6.54 Å². The van der Waals surface area contributed by atoms with E-state index in [-0.39, 0.29) is 0 Å². The van der Waals surface area contributed by atoms with E-state index >= 15 is 0 Å². The van der Waals surface area contributed by atoms with E-state index in [4.69, 9.17) is 22.1 Å². The van der Waals surface area contributed by atoms with E-state index in [2.05, 4.69) is 36.8 Å². The Morgan fingerprint density at radius 3 is 2.59 bits per heavy atom. The molecule has 1 aromatic heterocycles. The van der Waals surface area contributed by atoms with Crippen LogP contribution in [0.1, 0.15) is 5.56 Å². The van der Waals surface area contributed by atoms with Gasteiger partial charge in [-0.1, -0.05) is 11.6 Å². The number of hydrogen-bond acceptors (Lipinski definition) is 5. The second kappa shape index (κ2) is 10.3. The molecule has 0 atom stereocenters. The minimum Gasteiger partial charge on any atom is -0.476 e. The van der Waals surface area contributed by atoms with Gasteiger partial charge in [-0.2, -0.15) is 0 Å². The zero-order chi connectivity index (χ0) is 20.6. The second-order valence-corrected chi connectivity index (χ2v) is 7.72. The highest BCUT2D eigenvalue weighted by molar-refractivity contribution is 6.30. The lowest BCUT2D eigenvalue weighted by Gasteiger charge is -2.36. The van der Waals surface area contributed by atoms with E-state index in [9.17, 15) is 0 Å². The number of nitrogens with zero attached hydrogens (tertiary/aromatic N) is 5. The molecule has 0 bridgehead atoms. The maximum atomic E-state index is 6.24. The van der Waals surface area contributed by atoms with Crippen LogP contribution in [0.4, 0.5) is 5.69 Å². The van der Waals surface area contributed by atoms with E-state index in [1.807, 2.05) is 38.4 Å². The van der Waals surface area contributed by atoms with Crippen LogP contribution in [0.2, 0.25) is 5.02 Å². The van der Waals surface area contributed by atoms with E-state index < -0.39 is 0 Å². The first-order valence-corrected chi connectivity index (χ1v) is 10.2. The molecule has 156 valence electrons. The Balaban J connectivity index is 1.49. The highest BCUT2D eigenvalue weighted by Gasteiger charge is 2.18. The Hall–Kier alpha value is -2.51. The molecule has 0 spiro atoms. The number of halogens is 1. The van der Waals surface area contributed by atoms with Crippen LogP contribution in [-0.2, 0) is 6.54 Å². The van der Waals surface area contributed by atoms with Crippen LogP contribution < -0.4 is 15.4 Å². The van der Waals surface area contributed by atoms with Crippen molar-refractivity contribution in [2.75, 3.05) is 58.3 Å². The summed E-state index contributed by atoms with van der Waals surface area (Å²) in [5.41, 5.74) is 8.45. The van der Waals surface area contributed by atoms with Gasteiger partial charge in [-0.3, -0.25) is 0 Å². The number of rotatable bonds is 7. The Labute approximate surface area is 177 Å². The number of aliphatic imine (C=N–C) groups is 1. The number of hydrogen-bond donors (Lipinski definition) is 1. The van der Waals surface area contributed by atoms with E-state index in [0.29, 0.717) is 25.0 Å². The van der Waals surface area contributed by atoms with Crippen molar-refractivity contribution in [3.05, 3.63) is 53.2 Å². The number of nitrogens with two attached hydrogens (primary N) is 1. The molecule has 0 aliphatic carbocycles. The maximum absolute atomic E-state index is 6.24. The third kappa shape index (κ3) is 6.51. The van der Waals surface area contributed by atoms with Crippen LogP contribution in [0.25, 0.3) is 0 Å². The third-order valence-electron chi connectivity index (χ3n) is 4.81. The van der Waals surface area contributed by atoms with Gasteiger partial charge in [-0.15, -0.1) is 0 Å². The lowest BCUT2D eigenvalue weighted by Crippen LogP contribution is -2.51. The Morgan fingerprint density at radius 1 is 1.17 bits per heavy atom. The first-order chi connectivity index (χ1) is 14.0. The van der Waals surface area contributed by atoms with E-state index in [1.54, 1.807) is 6.20 Å². The van der Waals surface area contributed by atoms with Gasteiger partial charge in [0.1, 0.15) is 6.61 Å². The van der Waals surface area contributed by atoms with E-state index in [1.165, 1.54) is 5.69 Å². The summed E-state index contributed by atoms with van der Waals surface area (Å²) in [5, 5.41) is 0.756. The van der Waals surface area contributed by atoms with Crippen molar-refractivity contribution in [1.29, 1.82) is 0 Å². The van der Waals surface area contributed by atoms with Crippen LogP contribution in [0.3, 0.4) is 0 Å². The summed E-state index contributed by atoms with van der Waals surface area (Å²) in [6, 6.07) is 11.8. The van der Waals surface area contributed by atoms with Crippen molar-refractivity contribution < 1.29 is 4.74 Å². The molecule has 7 nitrogen and oxygen atoms in total. The van der Waals surface area contributed by atoms with Crippen molar-refractivity contribution in [1.82, 2.24) is 14.8 Å². The van der Waals surface area contributed by atoms with Crippen LogP contribution >= 0.6 is 11.6 Å². The molecule has 1 saturated heterocycles. The fraction of sp³-hybridized carbons (Fsp3) is 0.429. The van der Waals surface area contributed by atoms with Crippen molar-refractivity contribution in [2.24, 2.45) is 10.7 Å². The van der Waals surface area contributed by atoms with E-state index in [0.717, 1.165) is 43.3 Å². The van der Waals surface area contributed by atoms with Gasteiger partial charge < -0.3 is 25.2 Å². The highest BCUT2D eigenvalue weighted by atomic mass is 35.5. The SMILES string of the molecule is CN(C)CCOc1cc(CN=C(N)N2CCN(c3ccc(Cl)cc3)CC2)ccn1. The molecule has 2 aromatic rings. The molecule has 0 unspecified atom stereocenters. The molecule has 1 aliphatic rings. The summed E-state index contributed by atoms with van der Waals surface area (Å²) >= 11 is 5.98. The topological polar surface area (TPSA) is 70.2 Å². The number of likely N-dealkylation sites (N-methyl/N-ethyl adjacent to an activating group) is 1. The molecule has 3 rings (SSSR count). The van der Waals surface area contributed by atoms with Gasteiger partial charge in [0, 0.05) is 55.7 Å².